The maximum atomic E-state index is 12.8. The first kappa shape index (κ1) is 18.3. The van der Waals surface area contributed by atoms with E-state index in [1.54, 1.807) is 0 Å². The second kappa shape index (κ2) is 6.15. The molecule has 1 aromatic carbocycles. The predicted octanol–water partition coefficient (Wildman–Crippen LogP) is 1.95. The normalized spacial score (nSPS) is 13.6. The Hall–Kier alpha value is -1.77. The molecule has 1 amide bonds. The van der Waals surface area contributed by atoms with E-state index in [9.17, 15) is 26.4 Å². The second-order valence-electron chi connectivity index (χ2n) is 5.02. The molecule has 124 valence electrons. The summed E-state index contributed by atoms with van der Waals surface area (Å²) in [7, 11) is -1.07. The van der Waals surface area contributed by atoms with Crippen LogP contribution in [0.5, 0.6) is 0 Å². The molecule has 0 saturated carbocycles. The molecule has 0 aliphatic rings. The maximum Gasteiger partial charge on any atom is 0.416 e. The number of sulfonamides is 1. The molecular formula is C13H17F3N2O3S. The number of benzene rings is 1. The number of halogens is 3. The minimum atomic E-state index is -4.60. The van der Waals surface area contributed by atoms with Gasteiger partial charge in [0.25, 0.3) is 0 Å². The number of alkyl halides is 3. The van der Waals surface area contributed by atoms with Gasteiger partial charge in [0.1, 0.15) is 6.04 Å². The zero-order chi connectivity index (χ0) is 17.3. The van der Waals surface area contributed by atoms with Crippen molar-refractivity contribution >= 4 is 21.6 Å². The first-order valence-corrected chi connectivity index (χ1v) is 8.08. The summed E-state index contributed by atoms with van der Waals surface area (Å²) in [5.41, 5.74) is -1.19. The molecule has 0 N–H and O–H groups in total. The number of nitrogens with zero attached hydrogens (tertiary/aromatic N) is 2. The van der Waals surface area contributed by atoms with Crippen molar-refractivity contribution in [2.75, 3.05) is 24.7 Å². The van der Waals surface area contributed by atoms with Crippen LogP contribution >= 0.6 is 0 Å². The van der Waals surface area contributed by atoms with E-state index in [2.05, 4.69) is 0 Å². The van der Waals surface area contributed by atoms with Gasteiger partial charge in [-0.1, -0.05) is 6.07 Å². The Bertz CT molecular complexity index is 657. The highest BCUT2D eigenvalue weighted by Gasteiger charge is 2.34. The van der Waals surface area contributed by atoms with Crippen molar-refractivity contribution in [2.45, 2.75) is 19.1 Å². The fraction of sp³-hybridized carbons (Fsp3) is 0.462. The lowest BCUT2D eigenvalue weighted by molar-refractivity contribution is -0.137. The van der Waals surface area contributed by atoms with E-state index in [1.165, 1.54) is 32.0 Å². The Labute approximate surface area is 127 Å². The van der Waals surface area contributed by atoms with Gasteiger partial charge in [0.05, 0.1) is 17.5 Å². The molecule has 0 aromatic heterocycles. The number of hydrogen-bond acceptors (Lipinski definition) is 3. The molecule has 0 radical (unpaired) electrons. The van der Waals surface area contributed by atoms with Crippen molar-refractivity contribution in [1.29, 1.82) is 0 Å². The Morgan fingerprint density at radius 1 is 1.23 bits per heavy atom. The van der Waals surface area contributed by atoms with Crippen LogP contribution in [0.1, 0.15) is 12.5 Å². The number of carbonyl (C=O) groups is 1. The molecule has 9 heteroatoms. The number of rotatable bonds is 4. The number of amides is 1. The van der Waals surface area contributed by atoms with Gasteiger partial charge in [0, 0.05) is 14.1 Å². The number of likely N-dealkylation sites (N-methyl/N-ethyl adjacent to an activating group) is 1. The summed E-state index contributed by atoms with van der Waals surface area (Å²) in [5.74, 6) is -0.539. The molecule has 5 nitrogen and oxygen atoms in total. The summed E-state index contributed by atoms with van der Waals surface area (Å²) in [5, 5.41) is 0. The minimum absolute atomic E-state index is 0.208. The third-order valence-corrected chi connectivity index (χ3v) is 4.18. The van der Waals surface area contributed by atoms with Crippen LogP contribution < -0.4 is 4.31 Å². The van der Waals surface area contributed by atoms with Crippen LogP contribution in [-0.4, -0.2) is 45.6 Å². The van der Waals surface area contributed by atoms with Crippen molar-refractivity contribution in [2.24, 2.45) is 0 Å². The Morgan fingerprint density at radius 3 is 2.18 bits per heavy atom. The van der Waals surface area contributed by atoms with Gasteiger partial charge in [-0.25, -0.2) is 8.42 Å². The molecule has 0 unspecified atom stereocenters. The van der Waals surface area contributed by atoms with Crippen molar-refractivity contribution < 1.29 is 26.4 Å². The van der Waals surface area contributed by atoms with Crippen LogP contribution in [-0.2, 0) is 21.0 Å². The lowest BCUT2D eigenvalue weighted by Gasteiger charge is -2.30. The Kier molecular flexibility index (Phi) is 5.11. The molecule has 0 saturated heterocycles. The summed E-state index contributed by atoms with van der Waals surface area (Å²) < 4.78 is 62.9. The van der Waals surface area contributed by atoms with Gasteiger partial charge in [0.2, 0.25) is 15.9 Å². The van der Waals surface area contributed by atoms with Gasteiger partial charge in [-0.05, 0) is 25.1 Å². The first-order valence-electron chi connectivity index (χ1n) is 6.23. The van der Waals surface area contributed by atoms with E-state index in [0.29, 0.717) is 10.4 Å². The topological polar surface area (TPSA) is 57.7 Å². The standard InChI is InChI=1S/C13H17F3N2O3S/c1-9(12(19)17(2)3)18(22(4,20)21)11-7-5-6-10(8-11)13(14,15)16/h5-9H,1-4H3/t9-/m1/s1. The summed E-state index contributed by atoms with van der Waals surface area (Å²) >= 11 is 0. The lowest BCUT2D eigenvalue weighted by atomic mass is 10.1. The summed E-state index contributed by atoms with van der Waals surface area (Å²) in [6, 6.07) is 2.70. The van der Waals surface area contributed by atoms with E-state index in [-0.39, 0.29) is 5.69 Å². The molecular weight excluding hydrogens is 321 g/mol. The molecule has 0 spiro atoms. The van der Waals surface area contributed by atoms with Gasteiger partial charge >= 0.3 is 6.18 Å². The van der Waals surface area contributed by atoms with Gasteiger partial charge in [0.15, 0.2) is 0 Å². The third kappa shape index (κ3) is 4.12. The van der Waals surface area contributed by atoms with E-state index in [0.717, 1.165) is 18.4 Å². The number of anilines is 1. The quantitative estimate of drug-likeness (QED) is 0.843. The van der Waals surface area contributed by atoms with Crippen molar-refractivity contribution in [3.8, 4) is 0 Å². The molecule has 22 heavy (non-hydrogen) atoms. The largest absolute Gasteiger partial charge is 0.416 e. The number of hydrogen-bond donors (Lipinski definition) is 0. The maximum absolute atomic E-state index is 12.8. The molecule has 0 heterocycles. The van der Waals surface area contributed by atoms with Gasteiger partial charge in [-0.15, -0.1) is 0 Å². The summed E-state index contributed by atoms with van der Waals surface area (Å²) in [4.78, 5) is 13.2. The van der Waals surface area contributed by atoms with Crippen molar-refractivity contribution in [3.05, 3.63) is 29.8 Å². The molecule has 1 aromatic rings. The van der Waals surface area contributed by atoms with E-state index in [4.69, 9.17) is 0 Å². The van der Waals surface area contributed by atoms with Gasteiger partial charge in [-0.3, -0.25) is 9.10 Å². The highest BCUT2D eigenvalue weighted by molar-refractivity contribution is 7.92. The average molecular weight is 338 g/mol. The molecule has 0 fully saturated rings. The van der Waals surface area contributed by atoms with Crippen LogP contribution in [0, 0.1) is 0 Å². The smallest absolute Gasteiger partial charge is 0.347 e. The molecule has 1 atom stereocenters. The van der Waals surface area contributed by atoms with Gasteiger partial charge < -0.3 is 4.90 Å². The monoisotopic (exact) mass is 338 g/mol. The lowest BCUT2D eigenvalue weighted by Crippen LogP contribution is -2.47. The third-order valence-electron chi connectivity index (χ3n) is 2.94. The molecule has 0 aliphatic carbocycles. The Morgan fingerprint density at radius 2 is 1.77 bits per heavy atom. The zero-order valence-electron chi connectivity index (χ0n) is 12.5. The molecule has 1 rings (SSSR count). The number of carbonyl (C=O) groups excluding carboxylic acids is 1. The average Bonchev–Trinajstić information content (AvgIpc) is 2.35. The molecule has 0 aliphatic heterocycles. The van der Waals surface area contributed by atoms with E-state index < -0.39 is 33.7 Å². The van der Waals surface area contributed by atoms with E-state index in [1.807, 2.05) is 0 Å². The fourth-order valence-corrected chi connectivity index (χ4v) is 3.16. The van der Waals surface area contributed by atoms with Crippen molar-refractivity contribution in [1.82, 2.24) is 4.90 Å². The van der Waals surface area contributed by atoms with Gasteiger partial charge in [-0.2, -0.15) is 13.2 Å². The Balaban J connectivity index is 3.40. The van der Waals surface area contributed by atoms with Crippen LogP contribution in [0.2, 0.25) is 0 Å². The van der Waals surface area contributed by atoms with Crippen LogP contribution in [0.4, 0.5) is 18.9 Å². The minimum Gasteiger partial charge on any atom is -0.347 e. The zero-order valence-corrected chi connectivity index (χ0v) is 13.4. The highest BCUT2D eigenvalue weighted by Crippen LogP contribution is 2.32. The SMILES string of the molecule is C[C@H](C(=O)N(C)C)N(c1cccc(C(F)(F)F)c1)S(C)(=O)=O. The van der Waals surface area contributed by atoms with Crippen LogP contribution in [0.15, 0.2) is 24.3 Å². The highest BCUT2D eigenvalue weighted by atomic mass is 32.2. The first-order chi connectivity index (χ1) is 9.85. The fourth-order valence-electron chi connectivity index (χ4n) is 2.00. The van der Waals surface area contributed by atoms with Crippen LogP contribution in [0.3, 0.4) is 0 Å². The van der Waals surface area contributed by atoms with Crippen LogP contribution in [0.25, 0.3) is 0 Å². The predicted molar refractivity (Wildman–Crippen MR) is 76.9 cm³/mol. The van der Waals surface area contributed by atoms with E-state index >= 15 is 0 Å². The summed E-state index contributed by atoms with van der Waals surface area (Å²) in [6.45, 7) is 1.32. The summed E-state index contributed by atoms with van der Waals surface area (Å²) in [6.07, 6.45) is -3.76. The molecule has 0 bridgehead atoms. The second-order valence-corrected chi connectivity index (χ2v) is 6.87. The van der Waals surface area contributed by atoms with Crippen molar-refractivity contribution in [3.63, 3.8) is 0 Å².